The van der Waals surface area contributed by atoms with Crippen LogP contribution in [0, 0.1) is 0 Å². The van der Waals surface area contributed by atoms with Gasteiger partial charge in [0.1, 0.15) is 0 Å². The third-order valence-corrected chi connectivity index (χ3v) is 5.23. The Bertz CT molecular complexity index is 577. The molecule has 0 bridgehead atoms. The SMILES string of the molecule is CC(C)(CNC(=O)c1cc(N)cc(Cl)c1)S(C)(=O)=O. The largest absolute Gasteiger partial charge is 0.399 e. The first-order valence-electron chi connectivity index (χ1n) is 5.57. The maximum atomic E-state index is 11.9. The summed E-state index contributed by atoms with van der Waals surface area (Å²) in [6, 6.07) is 4.48. The van der Waals surface area contributed by atoms with Gasteiger partial charge in [-0.15, -0.1) is 0 Å². The zero-order valence-electron chi connectivity index (χ0n) is 11.0. The molecule has 0 heterocycles. The Morgan fingerprint density at radius 1 is 1.37 bits per heavy atom. The Morgan fingerprint density at radius 2 is 1.95 bits per heavy atom. The smallest absolute Gasteiger partial charge is 0.251 e. The fourth-order valence-corrected chi connectivity index (χ4v) is 1.85. The van der Waals surface area contributed by atoms with Crippen LogP contribution in [0.25, 0.3) is 0 Å². The molecule has 7 heteroatoms. The van der Waals surface area contributed by atoms with Crippen LogP contribution < -0.4 is 11.1 Å². The second kappa shape index (κ2) is 5.38. The van der Waals surface area contributed by atoms with Crippen molar-refractivity contribution in [1.29, 1.82) is 0 Å². The van der Waals surface area contributed by atoms with Crippen molar-refractivity contribution in [2.45, 2.75) is 18.6 Å². The molecule has 0 saturated carbocycles. The number of hydrogen-bond donors (Lipinski definition) is 2. The molecule has 0 spiro atoms. The quantitative estimate of drug-likeness (QED) is 0.824. The summed E-state index contributed by atoms with van der Waals surface area (Å²) < 4.78 is 22.0. The van der Waals surface area contributed by atoms with Gasteiger partial charge in [-0.2, -0.15) is 0 Å². The lowest BCUT2D eigenvalue weighted by Crippen LogP contribution is -2.43. The molecule has 0 unspecified atom stereocenters. The highest BCUT2D eigenvalue weighted by molar-refractivity contribution is 7.92. The van der Waals surface area contributed by atoms with Crippen molar-refractivity contribution in [3.8, 4) is 0 Å². The van der Waals surface area contributed by atoms with Crippen molar-refractivity contribution in [2.75, 3.05) is 18.5 Å². The van der Waals surface area contributed by atoms with Gasteiger partial charge in [-0.3, -0.25) is 4.79 Å². The van der Waals surface area contributed by atoms with Crippen molar-refractivity contribution in [1.82, 2.24) is 5.32 Å². The van der Waals surface area contributed by atoms with Crippen molar-refractivity contribution in [2.24, 2.45) is 0 Å². The van der Waals surface area contributed by atoms with Crippen LogP contribution in [0.4, 0.5) is 5.69 Å². The normalized spacial score (nSPS) is 12.2. The van der Waals surface area contributed by atoms with Crippen LogP contribution in [0.1, 0.15) is 24.2 Å². The van der Waals surface area contributed by atoms with Gasteiger partial charge in [0.15, 0.2) is 9.84 Å². The van der Waals surface area contributed by atoms with Gasteiger partial charge < -0.3 is 11.1 Å². The molecular formula is C12H17ClN2O3S. The van der Waals surface area contributed by atoms with Gasteiger partial charge in [-0.05, 0) is 32.0 Å². The van der Waals surface area contributed by atoms with E-state index in [2.05, 4.69) is 5.32 Å². The summed E-state index contributed by atoms with van der Waals surface area (Å²) in [5.74, 6) is -0.411. The number of sulfone groups is 1. The Labute approximate surface area is 118 Å². The van der Waals surface area contributed by atoms with E-state index in [-0.39, 0.29) is 6.54 Å². The Kier molecular flexibility index (Phi) is 4.47. The molecular weight excluding hydrogens is 288 g/mol. The predicted octanol–water partition coefficient (Wildman–Crippen LogP) is 1.48. The van der Waals surface area contributed by atoms with E-state index in [9.17, 15) is 13.2 Å². The fraction of sp³-hybridized carbons (Fsp3) is 0.417. The molecule has 0 fully saturated rings. The monoisotopic (exact) mass is 304 g/mol. The highest BCUT2D eigenvalue weighted by Crippen LogP contribution is 2.17. The Balaban J connectivity index is 2.82. The molecule has 0 radical (unpaired) electrons. The lowest BCUT2D eigenvalue weighted by molar-refractivity contribution is 0.0950. The fourth-order valence-electron chi connectivity index (χ4n) is 1.27. The number of anilines is 1. The van der Waals surface area contributed by atoms with Crippen molar-refractivity contribution in [3.63, 3.8) is 0 Å². The molecule has 0 aliphatic heterocycles. The van der Waals surface area contributed by atoms with E-state index in [4.69, 9.17) is 17.3 Å². The lowest BCUT2D eigenvalue weighted by Gasteiger charge is -2.22. The third kappa shape index (κ3) is 4.11. The summed E-state index contributed by atoms with van der Waals surface area (Å²) in [5, 5.41) is 2.92. The molecule has 1 rings (SSSR count). The van der Waals surface area contributed by atoms with E-state index >= 15 is 0 Å². The number of nitrogens with two attached hydrogens (primary N) is 1. The highest BCUT2D eigenvalue weighted by Gasteiger charge is 2.30. The zero-order chi connectivity index (χ0) is 14.8. The van der Waals surface area contributed by atoms with E-state index in [1.807, 2.05) is 0 Å². The van der Waals surface area contributed by atoms with Gasteiger partial charge in [-0.25, -0.2) is 8.42 Å². The molecule has 106 valence electrons. The molecule has 0 aliphatic carbocycles. The summed E-state index contributed by atoms with van der Waals surface area (Å²) in [5.41, 5.74) is 6.26. The Hall–Kier alpha value is -1.27. The van der Waals surface area contributed by atoms with E-state index < -0.39 is 20.5 Å². The molecule has 1 amide bonds. The number of nitrogen functional groups attached to an aromatic ring is 1. The first kappa shape index (κ1) is 15.8. The van der Waals surface area contributed by atoms with Gasteiger partial charge >= 0.3 is 0 Å². The second-order valence-electron chi connectivity index (χ2n) is 4.99. The van der Waals surface area contributed by atoms with Crippen LogP contribution in [-0.4, -0.2) is 31.9 Å². The minimum atomic E-state index is -3.26. The van der Waals surface area contributed by atoms with Crippen LogP contribution >= 0.6 is 11.6 Å². The number of nitrogens with one attached hydrogen (secondary N) is 1. The van der Waals surface area contributed by atoms with Gasteiger partial charge in [0, 0.05) is 29.1 Å². The maximum absolute atomic E-state index is 11.9. The average molecular weight is 305 g/mol. The highest BCUT2D eigenvalue weighted by atomic mass is 35.5. The average Bonchev–Trinajstić information content (AvgIpc) is 2.23. The van der Waals surface area contributed by atoms with E-state index in [1.54, 1.807) is 13.8 Å². The standard InChI is InChI=1S/C12H17ClN2O3S/c1-12(2,19(3,17)18)7-15-11(16)8-4-9(13)6-10(14)5-8/h4-6H,7,14H2,1-3H3,(H,15,16). The predicted molar refractivity (Wildman–Crippen MR) is 77.1 cm³/mol. The number of halogens is 1. The van der Waals surface area contributed by atoms with Crippen LogP contribution in [0.2, 0.25) is 5.02 Å². The van der Waals surface area contributed by atoms with E-state index in [1.165, 1.54) is 18.2 Å². The summed E-state index contributed by atoms with van der Waals surface area (Å²) >= 11 is 5.80. The van der Waals surface area contributed by atoms with Gasteiger partial charge in [0.2, 0.25) is 0 Å². The topological polar surface area (TPSA) is 89.3 Å². The molecule has 0 aliphatic rings. The van der Waals surface area contributed by atoms with Crippen LogP contribution in [-0.2, 0) is 9.84 Å². The van der Waals surface area contributed by atoms with Gasteiger partial charge in [-0.1, -0.05) is 11.6 Å². The first-order chi connectivity index (χ1) is 8.53. The van der Waals surface area contributed by atoms with Crippen molar-refractivity contribution < 1.29 is 13.2 Å². The number of amides is 1. The van der Waals surface area contributed by atoms with Gasteiger partial charge in [0.25, 0.3) is 5.91 Å². The number of carbonyl (C=O) groups excluding carboxylic acids is 1. The molecule has 0 aromatic heterocycles. The second-order valence-corrected chi connectivity index (χ2v) is 8.07. The van der Waals surface area contributed by atoms with Crippen LogP contribution in [0.15, 0.2) is 18.2 Å². The van der Waals surface area contributed by atoms with E-state index in [0.29, 0.717) is 16.3 Å². The summed E-state index contributed by atoms with van der Waals surface area (Å²) in [6.07, 6.45) is 1.14. The number of rotatable bonds is 4. The zero-order valence-corrected chi connectivity index (χ0v) is 12.6. The third-order valence-electron chi connectivity index (χ3n) is 2.86. The van der Waals surface area contributed by atoms with Crippen LogP contribution in [0.5, 0.6) is 0 Å². The maximum Gasteiger partial charge on any atom is 0.251 e. The molecule has 19 heavy (non-hydrogen) atoms. The summed E-state index contributed by atoms with van der Waals surface area (Å²) in [7, 11) is -3.26. The summed E-state index contributed by atoms with van der Waals surface area (Å²) in [4.78, 5) is 11.9. The van der Waals surface area contributed by atoms with E-state index in [0.717, 1.165) is 6.26 Å². The molecule has 0 saturated heterocycles. The molecule has 5 nitrogen and oxygen atoms in total. The minimum absolute atomic E-state index is 0.0110. The number of benzene rings is 1. The van der Waals surface area contributed by atoms with Crippen molar-refractivity contribution >= 4 is 33.0 Å². The first-order valence-corrected chi connectivity index (χ1v) is 7.84. The van der Waals surface area contributed by atoms with Crippen LogP contribution in [0.3, 0.4) is 0 Å². The molecule has 0 atom stereocenters. The lowest BCUT2D eigenvalue weighted by atomic mass is 10.1. The number of carbonyl (C=O) groups is 1. The Morgan fingerprint density at radius 3 is 2.42 bits per heavy atom. The summed E-state index contributed by atoms with van der Waals surface area (Å²) in [6.45, 7) is 3.11. The molecule has 1 aromatic rings. The van der Waals surface area contributed by atoms with Crippen molar-refractivity contribution in [3.05, 3.63) is 28.8 Å². The molecule has 3 N–H and O–H groups in total. The minimum Gasteiger partial charge on any atom is -0.399 e. The van der Waals surface area contributed by atoms with Gasteiger partial charge in [0.05, 0.1) is 4.75 Å². The molecule has 1 aromatic carbocycles. The number of hydrogen-bond acceptors (Lipinski definition) is 4.